The van der Waals surface area contributed by atoms with Gasteiger partial charge in [0.2, 0.25) is 0 Å². The normalized spacial score (nSPS) is 10.9. The standard InChI is InChI=1S/C17H12BrClN2OS/c18-14-5-6-16(12(8-14)7-13(9-20)17(21)23)22-10-11-3-1-2-4-15(11)19/h1-8H,10H2,(H2,21,23)/b13-7+. The highest BCUT2D eigenvalue weighted by Gasteiger charge is 2.08. The SMILES string of the molecule is N#C/C(=C\c1cc(Br)ccc1OCc1ccccc1Cl)C(N)=S. The minimum Gasteiger partial charge on any atom is -0.488 e. The second-order valence-corrected chi connectivity index (χ2v) is 6.36. The molecule has 0 aliphatic rings. The minimum absolute atomic E-state index is 0.0459. The second-order valence-electron chi connectivity index (χ2n) is 4.60. The molecule has 0 amide bonds. The highest BCUT2D eigenvalue weighted by molar-refractivity contribution is 9.10. The summed E-state index contributed by atoms with van der Waals surface area (Å²) in [5.41, 5.74) is 7.34. The molecule has 2 aromatic rings. The Morgan fingerprint density at radius 1 is 1.35 bits per heavy atom. The first-order valence-corrected chi connectivity index (χ1v) is 8.16. The van der Waals surface area contributed by atoms with Crippen LogP contribution >= 0.6 is 39.7 Å². The second kappa shape index (κ2) is 8.11. The maximum Gasteiger partial charge on any atom is 0.127 e. The first-order valence-electron chi connectivity index (χ1n) is 6.58. The van der Waals surface area contributed by atoms with Gasteiger partial charge in [-0.3, -0.25) is 0 Å². The summed E-state index contributed by atoms with van der Waals surface area (Å²) in [6.45, 7) is 0.317. The summed E-state index contributed by atoms with van der Waals surface area (Å²) in [6.07, 6.45) is 1.61. The van der Waals surface area contributed by atoms with Crippen molar-refractivity contribution >= 4 is 50.8 Å². The first-order chi connectivity index (χ1) is 11.0. The third-order valence-electron chi connectivity index (χ3n) is 3.00. The zero-order valence-corrected chi connectivity index (χ0v) is 15.1. The number of nitrogens with two attached hydrogens (primary N) is 1. The highest BCUT2D eigenvalue weighted by Crippen LogP contribution is 2.27. The molecule has 2 N–H and O–H groups in total. The molecule has 0 unspecified atom stereocenters. The molecule has 0 fully saturated rings. The zero-order valence-electron chi connectivity index (χ0n) is 11.9. The Balaban J connectivity index is 2.31. The van der Waals surface area contributed by atoms with Crippen LogP contribution in [-0.4, -0.2) is 4.99 Å². The van der Waals surface area contributed by atoms with Crippen LogP contribution in [0.25, 0.3) is 6.08 Å². The molecule has 0 aromatic heterocycles. The van der Waals surface area contributed by atoms with Gasteiger partial charge in [0.15, 0.2) is 0 Å². The van der Waals surface area contributed by atoms with E-state index in [1.54, 1.807) is 12.1 Å². The Bertz CT molecular complexity index is 814. The van der Waals surface area contributed by atoms with Gasteiger partial charge in [-0.2, -0.15) is 5.26 Å². The topological polar surface area (TPSA) is 59.0 Å². The summed E-state index contributed by atoms with van der Waals surface area (Å²) < 4.78 is 6.70. The summed E-state index contributed by atoms with van der Waals surface area (Å²) in [5.74, 6) is 0.608. The summed E-state index contributed by atoms with van der Waals surface area (Å²) in [5, 5.41) is 9.75. The van der Waals surface area contributed by atoms with E-state index in [-0.39, 0.29) is 10.6 Å². The Morgan fingerprint density at radius 2 is 2.09 bits per heavy atom. The molecule has 2 aromatic carbocycles. The van der Waals surface area contributed by atoms with Crippen molar-refractivity contribution < 1.29 is 4.74 Å². The molecule has 3 nitrogen and oxygen atoms in total. The van der Waals surface area contributed by atoms with Crippen molar-refractivity contribution in [2.45, 2.75) is 6.61 Å². The van der Waals surface area contributed by atoms with Crippen molar-refractivity contribution in [3.63, 3.8) is 0 Å². The van der Waals surface area contributed by atoms with Crippen LogP contribution in [-0.2, 0) is 6.61 Å². The van der Waals surface area contributed by atoms with E-state index in [1.165, 1.54) is 0 Å². The average Bonchev–Trinajstić information content (AvgIpc) is 2.52. The van der Waals surface area contributed by atoms with Gasteiger partial charge in [-0.25, -0.2) is 0 Å². The van der Waals surface area contributed by atoms with Crippen molar-refractivity contribution in [1.82, 2.24) is 0 Å². The zero-order chi connectivity index (χ0) is 16.8. The van der Waals surface area contributed by atoms with Crippen molar-refractivity contribution in [1.29, 1.82) is 5.26 Å². The van der Waals surface area contributed by atoms with Crippen molar-refractivity contribution in [2.75, 3.05) is 0 Å². The van der Waals surface area contributed by atoms with E-state index in [4.69, 9.17) is 39.6 Å². The van der Waals surface area contributed by atoms with Crippen molar-refractivity contribution in [3.05, 3.63) is 68.7 Å². The van der Waals surface area contributed by atoms with E-state index in [2.05, 4.69) is 15.9 Å². The fourth-order valence-electron chi connectivity index (χ4n) is 1.85. The quantitative estimate of drug-likeness (QED) is 0.436. The van der Waals surface area contributed by atoms with E-state index in [0.29, 0.717) is 22.9 Å². The summed E-state index contributed by atoms with van der Waals surface area (Å²) in [7, 11) is 0. The van der Waals surface area contributed by atoms with E-state index < -0.39 is 0 Å². The molecular weight excluding hydrogens is 396 g/mol. The Labute approximate surface area is 153 Å². The number of nitrogens with zero attached hydrogens (tertiary/aromatic N) is 1. The van der Waals surface area contributed by atoms with Gasteiger partial charge >= 0.3 is 0 Å². The van der Waals surface area contributed by atoms with Crippen molar-refractivity contribution in [2.24, 2.45) is 5.73 Å². The van der Waals surface area contributed by atoms with Gasteiger partial charge in [-0.15, -0.1) is 0 Å². The number of rotatable bonds is 5. The molecule has 0 bridgehead atoms. The molecule has 0 radical (unpaired) electrons. The van der Waals surface area contributed by atoms with E-state index in [1.807, 2.05) is 42.5 Å². The van der Waals surface area contributed by atoms with Crippen LogP contribution in [0.1, 0.15) is 11.1 Å². The smallest absolute Gasteiger partial charge is 0.127 e. The number of halogens is 2. The fraction of sp³-hybridized carbons (Fsp3) is 0.0588. The largest absolute Gasteiger partial charge is 0.488 e. The number of ether oxygens (including phenoxy) is 1. The average molecular weight is 408 g/mol. The lowest BCUT2D eigenvalue weighted by Crippen LogP contribution is -2.09. The number of hydrogen-bond donors (Lipinski definition) is 1. The van der Waals surface area contributed by atoms with Crippen molar-refractivity contribution in [3.8, 4) is 11.8 Å². The van der Waals surface area contributed by atoms with E-state index >= 15 is 0 Å². The number of nitriles is 1. The lowest BCUT2D eigenvalue weighted by atomic mass is 10.1. The van der Waals surface area contributed by atoms with Crippen LogP contribution in [0.5, 0.6) is 5.75 Å². The molecule has 23 heavy (non-hydrogen) atoms. The summed E-state index contributed by atoms with van der Waals surface area (Å²) >= 11 is 14.4. The van der Waals surface area contributed by atoms with E-state index in [0.717, 1.165) is 10.0 Å². The molecule has 0 saturated heterocycles. The number of benzene rings is 2. The third kappa shape index (κ3) is 4.80. The molecular formula is C17H12BrClN2OS. The lowest BCUT2D eigenvalue weighted by molar-refractivity contribution is 0.305. The van der Waals surface area contributed by atoms with Gasteiger partial charge in [-0.05, 0) is 30.3 Å². The molecule has 0 aliphatic heterocycles. The Morgan fingerprint density at radius 3 is 2.74 bits per heavy atom. The van der Waals surface area contributed by atoms with Crippen LogP contribution in [0.4, 0.5) is 0 Å². The predicted octanol–water partition coefficient (Wildman–Crippen LogP) is 4.87. The molecule has 116 valence electrons. The molecule has 0 aliphatic carbocycles. The lowest BCUT2D eigenvalue weighted by Gasteiger charge is -2.11. The fourth-order valence-corrected chi connectivity index (χ4v) is 2.52. The van der Waals surface area contributed by atoms with Crippen LogP contribution in [0.2, 0.25) is 5.02 Å². The molecule has 6 heteroatoms. The van der Waals surface area contributed by atoms with Gasteiger partial charge in [0, 0.05) is 20.6 Å². The Kier molecular flexibility index (Phi) is 6.17. The van der Waals surface area contributed by atoms with Crippen LogP contribution < -0.4 is 10.5 Å². The predicted molar refractivity (Wildman–Crippen MR) is 100 cm³/mol. The molecule has 2 rings (SSSR count). The van der Waals surface area contributed by atoms with Gasteiger partial charge in [0.1, 0.15) is 23.4 Å². The highest BCUT2D eigenvalue weighted by atomic mass is 79.9. The molecule has 0 saturated carbocycles. The van der Waals surface area contributed by atoms with Crippen LogP contribution in [0.15, 0.2) is 52.5 Å². The maximum atomic E-state index is 9.11. The summed E-state index contributed by atoms with van der Waals surface area (Å²) in [6, 6.07) is 14.9. The maximum absolute atomic E-state index is 9.11. The van der Waals surface area contributed by atoms with Gasteiger partial charge in [0.05, 0.1) is 5.57 Å². The minimum atomic E-state index is 0.0459. The van der Waals surface area contributed by atoms with Crippen LogP contribution in [0.3, 0.4) is 0 Å². The van der Waals surface area contributed by atoms with Gasteiger partial charge in [0.25, 0.3) is 0 Å². The summed E-state index contributed by atoms with van der Waals surface area (Å²) in [4.78, 5) is 0.0459. The van der Waals surface area contributed by atoms with Gasteiger partial charge in [-0.1, -0.05) is 57.9 Å². The molecule has 0 heterocycles. The number of thiocarbonyl (C=S) groups is 1. The monoisotopic (exact) mass is 406 g/mol. The van der Waals surface area contributed by atoms with Crippen LogP contribution in [0, 0.1) is 11.3 Å². The number of hydrogen-bond acceptors (Lipinski definition) is 3. The first kappa shape index (κ1) is 17.5. The molecule has 0 atom stereocenters. The Hall–Kier alpha value is -1.87. The van der Waals surface area contributed by atoms with Gasteiger partial charge < -0.3 is 10.5 Å². The molecule has 0 spiro atoms. The van der Waals surface area contributed by atoms with E-state index in [9.17, 15) is 0 Å². The third-order valence-corrected chi connectivity index (χ3v) is 4.08.